The van der Waals surface area contributed by atoms with Gasteiger partial charge in [-0.2, -0.15) is 0 Å². The maximum atomic E-state index is 13.0. The topological polar surface area (TPSA) is 94.8 Å². The monoisotopic (exact) mass is 417 g/mol. The highest BCUT2D eigenvalue weighted by molar-refractivity contribution is 5.91. The Morgan fingerprint density at radius 3 is 2.37 bits per heavy atom. The molecular weight excluding hydrogens is 386 g/mol. The van der Waals surface area contributed by atoms with Crippen molar-refractivity contribution >= 4 is 23.0 Å². The molecule has 2 rings (SSSR count). The molecule has 2 aromatic rings. The molecule has 1 unspecified atom stereocenters. The van der Waals surface area contributed by atoms with Gasteiger partial charge in [-0.25, -0.2) is 14.4 Å². The van der Waals surface area contributed by atoms with E-state index < -0.39 is 29.3 Å². The van der Waals surface area contributed by atoms with E-state index >= 15 is 0 Å². The van der Waals surface area contributed by atoms with Crippen LogP contribution in [0.25, 0.3) is 11.0 Å². The van der Waals surface area contributed by atoms with Gasteiger partial charge in [-0.3, -0.25) is 0 Å². The maximum absolute atomic E-state index is 13.0. The summed E-state index contributed by atoms with van der Waals surface area (Å²) in [5.74, 6) is 0.0350. The number of carbonyl (C=O) groups is 2. The number of carbonyl (C=O) groups excluding carboxylic acids is 2. The number of benzene rings is 1. The van der Waals surface area contributed by atoms with Crippen molar-refractivity contribution in [3.05, 3.63) is 39.7 Å². The van der Waals surface area contributed by atoms with Crippen molar-refractivity contribution in [3.63, 3.8) is 0 Å². The zero-order valence-corrected chi connectivity index (χ0v) is 18.8. The first-order valence-electron chi connectivity index (χ1n) is 10.1. The average Bonchev–Trinajstić information content (AvgIpc) is 2.55. The predicted molar refractivity (Wildman–Crippen MR) is 115 cm³/mol. The van der Waals surface area contributed by atoms with Crippen molar-refractivity contribution in [2.45, 2.75) is 73.0 Å². The lowest BCUT2D eigenvalue weighted by Crippen LogP contribution is -2.45. The number of nitrogens with one attached hydrogen (secondary N) is 1. The normalized spacial score (nSPS) is 12.7. The van der Waals surface area contributed by atoms with Crippen LogP contribution in [0.15, 0.2) is 27.4 Å². The number of aryl methyl sites for hydroxylation is 2. The molecule has 1 aromatic carbocycles. The molecule has 1 amide bonds. The summed E-state index contributed by atoms with van der Waals surface area (Å²) in [5, 5.41) is 3.18. The Balaban J connectivity index is 2.32. The Morgan fingerprint density at radius 2 is 1.77 bits per heavy atom. The van der Waals surface area contributed by atoms with Crippen LogP contribution in [0.2, 0.25) is 0 Å². The third-order valence-electron chi connectivity index (χ3n) is 4.37. The van der Waals surface area contributed by atoms with Gasteiger partial charge in [0.25, 0.3) is 0 Å². The summed E-state index contributed by atoms with van der Waals surface area (Å²) < 4.78 is 16.2. The molecule has 30 heavy (non-hydrogen) atoms. The van der Waals surface area contributed by atoms with Crippen LogP contribution in [0.4, 0.5) is 4.79 Å². The maximum Gasteiger partial charge on any atom is 0.408 e. The van der Waals surface area contributed by atoms with Crippen LogP contribution in [0, 0.1) is 19.8 Å². The van der Waals surface area contributed by atoms with Crippen molar-refractivity contribution in [2.24, 2.45) is 5.92 Å². The summed E-state index contributed by atoms with van der Waals surface area (Å²) in [6.07, 6.45) is 0.454. The molecule has 0 bridgehead atoms. The average molecular weight is 418 g/mol. The second-order valence-electron chi connectivity index (χ2n) is 8.98. The van der Waals surface area contributed by atoms with Crippen molar-refractivity contribution in [1.29, 1.82) is 0 Å². The molecule has 0 spiro atoms. The summed E-state index contributed by atoms with van der Waals surface area (Å²) in [6.45, 7) is 12.9. The van der Waals surface area contributed by atoms with Gasteiger partial charge in [0, 0.05) is 6.07 Å². The molecule has 1 aromatic heterocycles. The molecule has 1 heterocycles. The quantitative estimate of drug-likeness (QED) is 0.418. The fourth-order valence-electron chi connectivity index (χ4n) is 3.04. The van der Waals surface area contributed by atoms with Gasteiger partial charge >= 0.3 is 17.7 Å². The van der Waals surface area contributed by atoms with E-state index in [4.69, 9.17) is 13.9 Å². The Bertz CT molecular complexity index is 984. The van der Waals surface area contributed by atoms with Crippen LogP contribution < -0.4 is 15.7 Å². The van der Waals surface area contributed by atoms with Crippen LogP contribution in [0.5, 0.6) is 5.75 Å². The molecule has 7 nitrogen and oxygen atoms in total. The predicted octanol–water partition coefficient (Wildman–Crippen LogP) is 4.64. The van der Waals surface area contributed by atoms with Gasteiger partial charge in [0.1, 0.15) is 23.0 Å². The highest BCUT2D eigenvalue weighted by atomic mass is 16.6. The van der Waals surface area contributed by atoms with Crippen molar-refractivity contribution in [3.8, 4) is 5.75 Å². The Hall–Kier alpha value is -2.83. The van der Waals surface area contributed by atoms with Gasteiger partial charge in [0.15, 0.2) is 0 Å². The number of fused-ring (bicyclic) bond motifs is 1. The fraction of sp³-hybridized carbons (Fsp3) is 0.522. The molecule has 0 aliphatic rings. The number of hydrogen-bond donors (Lipinski definition) is 1. The lowest BCUT2D eigenvalue weighted by molar-refractivity contribution is -0.137. The first kappa shape index (κ1) is 23.4. The van der Waals surface area contributed by atoms with E-state index in [1.807, 2.05) is 20.8 Å². The van der Waals surface area contributed by atoms with Gasteiger partial charge in [-0.1, -0.05) is 13.8 Å². The van der Waals surface area contributed by atoms with E-state index in [-0.39, 0.29) is 5.75 Å². The van der Waals surface area contributed by atoms with E-state index in [0.29, 0.717) is 28.9 Å². The molecule has 1 atom stereocenters. The van der Waals surface area contributed by atoms with E-state index in [0.717, 1.165) is 12.0 Å². The molecule has 0 radical (unpaired) electrons. The second kappa shape index (κ2) is 9.32. The molecule has 0 fully saturated rings. The summed E-state index contributed by atoms with van der Waals surface area (Å²) in [4.78, 5) is 36.9. The number of alkyl carbamates (subject to hydrolysis) is 1. The number of amides is 1. The van der Waals surface area contributed by atoms with Gasteiger partial charge in [-0.15, -0.1) is 0 Å². The number of ether oxygens (including phenoxy) is 2. The largest absolute Gasteiger partial charge is 0.444 e. The third-order valence-corrected chi connectivity index (χ3v) is 4.37. The summed E-state index contributed by atoms with van der Waals surface area (Å²) in [6, 6.07) is 3.91. The molecular formula is C23H31NO6. The van der Waals surface area contributed by atoms with Crippen LogP contribution in [-0.2, 0) is 9.53 Å². The third kappa shape index (κ3) is 6.61. The number of rotatable bonds is 6. The lowest BCUT2D eigenvalue weighted by atomic mass is 10.0. The Kier molecular flexibility index (Phi) is 7.29. The summed E-state index contributed by atoms with van der Waals surface area (Å²) in [5.41, 5.74) is 0.615. The van der Waals surface area contributed by atoms with Crippen molar-refractivity contribution < 1.29 is 23.5 Å². The highest BCUT2D eigenvalue weighted by Gasteiger charge is 2.27. The molecule has 1 N–H and O–H groups in total. The Morgan fingerprint density at radius 1 is 1.10 bits per heavy atom. The van der Waals surface area contributed by atoms with Gasteiger partial charge in [0.2, 0.25) is 0 Å². The number of hydrogen-bond acceptors (Lipinski definition) is 6. The fourth-order valence-corrected chi connectivity index (χ4v) is 3.04. The van der Waals surface area contributed by atoms with Gasteiger partial charge in [0.05, 0.1) is 5.39 Å². The molecule has 164 valence electrons. The van der Waals surface area contributed by atoms with Crippen LogP contribution >= 0.6 is 0 Å². The second-order valence-corrected chi connectivity index (χ2v) is 8.98. The van der Waals surface area contributed by atoms with Crippen molar-refractivity contribution in [2.75, 3.05) is 0 Å². The smallest absolute Gasteiger partial charge is 0.408 e. The first-order valence-corrected chi connectivity index (χ1v) is 10.1. The van der Waals surface area contributed by atoms with E-state index in [1.54, 1.807) is 39.8 Å². The first-order chi connectivity index (χ1) is 13.9. The van der Waals surface area contributed by atoms with Crippen LogP contribution in [-0.4, -0.2) is 23.7 Å². The van der Waals surface area contributed by atoms with E-state index in [1.165, 1.54) is 6.07 Å². The molecule has 7 heteroatoms. The molecule has 0 aliphatic carbocycles. The lowest BCUT2D eigenvalue weighted by Gasteiger charge is -2.23. The van der Waals surface area contributed by atoms with Gasteiger partial charge < -0.3 is 19.2 Å². The minimum atomic E-state index is -0.867. The highest BCUT2D eigenvalue weighted by Crippen LogP contribution is 2.30. The Labute approximate surface area is 176 Å². The SMILES string of the molecule is Cc1cc(OC(=O)C(CCC(C)C)NC(=O)OC(C)(C)C)c2c(C)cc(=O)oc2c1. The minimum Gasteiger partial charge on any atom is -0.444 e. The zero-order chi connectivity index (χ0) is 22.6. The molecule has 0 aliphatic heterocycles. The molecule has 0 saturated heterocycles. The summed E-state index contributed by atoms with van der Waals surface area (Å²) >= 11 is 0. The molecule has 0 saturated carbocycles. The van der Waals surface area contributed by atoms with Crippen molar-refractivity contribution in [1.82, 2.24) is 5.32 Å². The van der Waals surface area contributed by atoms with Gasteiger partial charge in [-0.05, 0) is 76.6 Å². The summed E-state index contributed by atoms with van der Waals surface area (Å²) in [7, 11) is 0. The standard InChI is InChI=1S/C23H31NO6/c1-13(2)8-9-16(24-22(27)30-23(5,6)7)21(26)29-18-11-14(3)10-17-20(18)15(4)12-19(25)28-17/h10-13,16H,8-9H2,1-7H3,(H,24,27). The number of esters is 1. The van der Waals surface area contributed by atoms with E-state index in [2.05, 4.69) is 5.32 Å². The van der Waals surface area contributed by atoms with Crippen LogP contribution in [0.1, 0.15) is 58.6 Å². The zero-order valence-electron chi connectivity index (χ0n) is 18.8. The minimum absolute atomic E-state index is 0.289. The van der Waals surface area contributed by atoms with E-state index in [9.17, 15) is 14.4 Å². The van der Waals surface area contributed by atoms with Crippen LogP contribution in [0.3, 0.4) is 0 Å².